The van der Waals surface area contributed by atoms with Gasteiger partial charge in [0, 0.05) is 24.6 Å². The zero-order valence-corrected chi connectivity index (χ0v) is 19.6. The molecule has 0 bridgehead atoms. The third kappa shape index (κ3) is 4.41. The second-order valence-corrected chi connectivity index (χ2v) is 10.6. The van der Waals surface area contributed by atoms with Gasteiger partial charge >= 0.3 is 0 Å². The molecule has 3 amide bonds. The molecule has 0 unspecified atom stereocenters. The molecule has 2 saturated carbocycles. The van der Waals surface area contributed by atoms with Crippen LogP contribution in [0.5, 0.6) is 5.75 Å². The van der Waals surface area contributed by atoms with E-state index in [1.807, 2.05) is 19.1 Å². The number of hydrogen-bond acceptors (Lipinski definition) is 6. The molecular weight excluding hydrogens is 432 g/mol. The summed E-state index contributed by atoms with van der Waals surface area (Å²) in [5, 5.41) is 15.3. The molecule has 3 fully saturated rings. The van der Waals surface area contributed by atoms with Crippen molar-refractivity contribution in [3.63, 3.8) is 0 Å². The van der Waals surface area contributed by atoms with E-state index in [0.717, 1.165) is 50.0 Å². The Hall–Kier alpha value is -2.92. The second-order valence-electron chi connectivity index (χ2n) is 10.6. The van der Waals surface area contributed by atoms with E-state index in [1.54, 1.807) is 11.0 Å². The second kappa shape index (κ2) is 9.03. The van der Waals surface area contributed by atoms with Crippen molar-refractivity contribution >= 4 is 17.7 Å². The monoisotopic (exact) mass is 464 g/mol. The lowest BCUT2D eigenvalue weighted by atomic mass is 9.64. The van der Waals surface area contributed by atoms with Crippen LogP contribution in [0.4, 0.5) is 0 Å². The van der Waals surface area contributed by atoms with Crippen LogP contribution in [0.1, 0.15) is 74.2 Å². The number of rotatable bonds is 6. The molecule has 1 saturated heterocycles. The highest BCUT2D eigenvalue weighted by Crippen LogP contribution is 2.44. The minimum atomic E-state index is -0.608. The van der Waals surface area contributed by atoms with Crippen molar-refractivity contribution < 1.29 is 19.1 Å². The maximum atomic E-state index is 12.9. The molecule has 4 aliphatic rings. The Kier molecular flexibility index (Phi) is 6.07. The summed E-state index contributed by atoms with van der Waals surface area (Å²) in [4.78, 5) is 38.2. The summed E-state index contributed by atoms with van der Waals surface area (Å²) in [6, 6.07) is 7.66. The summed E-state index contributed by atoms with van der Waals surface area (Å²) in [6.45, 7) is 3.31. The molecule has 34 heavy (non-hydrogen) atoms. The lowest BCUT2D eigenvalue weighted by Gasteiger charge is -2.41. The number of imide groups is 1. The van der Waals surface area contributed by atoms with Gasteiger partial charge in [-0.1, -0.05) is 6.42 Å². The molecule has 8 nitrogen and oxygen atoms in total. The van der Waals surface area contributed by atoms with E-state index in [-0.39, 0.29) is 35.8 Å². The van der Waals surface area contributed by atoms with Crippen molar-refractivity contribution in [3.8, 4) is 11.8 Å². The normalized spacial score (nSPS) is 33.1. The summed E-state index contributed by atoms with van der Waals surface area (Å²) < 4.78 is 6.42. The van der Waals surface area contributed by atoms with Gasteiger partial charge in [0.25, 0.3) is 5.91 Å². The predicted octanol–water partition coefficient (Wildman–Crippen LogP) is 2.67. The summed E-state index contributed by atoms with van der Waals surface area (Å²) in [7, 11) is 0. The highest BCUT2D eigenvalue weighted by molar-refractivity contribution is 6.05. The van der Waals surface area contributed by atoms with Gasteiger partial charge in [-0.05, 0) is 81.7 Å². The molecule has 1 aromatic rings. The average molecular weight is 465 g/mol. The van der Waals surface area contributed by atoms with E-state index in [2.05, 4.69) is 16.7 Å². The molecule has 180 valence electrons. The Morgan fingerprint density at radius 2 is 2.00 bits per heavy atom. The minimum absolute atomic E-state index is 0.0672. The fourth-order valence-corrected chi connectivity index (χ4v) is 6.04. The van der Waals surface area contributed by atoms with E-state index >= 15 is 0 Å². The number of carbonyl (C=O) groups excluding carboxylic acids is 3. The van der Waals surface area contributed by atoms with Crippen LogP contribution >= 0.6 is 0 Å². The molecule has 2 aliphatic heterocycles. The molecule has 0 aromatic heterocycles. The number of piperidine rings is 1. The van der Waals surface area contributed by atoms with Crippen LogP contribution in [0.3, 0.4) is 0 Å². The van der Waals surface area contributed by atoms with Crippen molar-refractivity contribution in [3.05, 3.63) is 29.3 Å². The zero-order chi connectivity index (χ0) is 23.9. The number of nitrogens with zero attached hydrogens (tertiary/aromatic N) is 2. The topological polar surface area (TPSA) is 112 Å². The number of carbonyl (C=O) groups is 3. The Balaban J connectivity index is 1.21. The van der Waals surface area contributed by atoms with Gasteiger partial charge in [-0.2, -0.15) is 5.26 Å². The standard InChI is InChI=1S/C26H32N4O4/c1-26(15-27)11-16(12-26)13-28-20-4-2-3-5-22(20)34-18-6-7-19-17(10-18)14-30(25(19)33)21-8-9-23(31)29-24(21)32/h6-7,10,16,20-22,28H,2-5,8-9,11-14H2,1H3,(H,29,31,32)/t16?,20-,21+,22-,26?/m0/s1. The molecule has 5 rings (SSSR count). The SMILES string of the molecule is CC1(C#N)CC(CN[C@H]2CCCC[C@@H]2Oc2ccc3c(c2)CN([C@@H]2CCC(=O)NC2=O)C3=O)C1. The maximum Gasteiger partial charge on any atom is 0.255 e. The van der Waals surface area contributed by atoms with Gasteiger partial charge in [-0.25, -0.2) is 0 Å². The lowest BCUT2D eigenvalue weighted by Crippen LogP contribution is -2.52. The Morgan fingerprint density at radius 3 is 2.76 bits per heavy atom. The Bertz CT molecular complexity index is 1040. The first-order valence-electron chi connectivity index (χ1n) is 12.4. The van der Waals surface area contributed by atoms with Gasteiger partial charge < -0.3 is 15.0 Å². The molecule has 0 radical (unpaired) electrons. The Labute approximate surface area is 200 Å². The van der Waals surface area contributed by atoms with Crippen molar-refractivity contribution in [2.24, 2.45) is 11.3 Å². The Morgan fingerprint density at radius 1 is 1.21 bits per heavy atom. The van der Waals surface area contributed by atoms with Gasteiger partial charge in [0.2, 0.25) is 11.8 Å². The van der Waals surface area contributed by atoms with Crippen molar-refractivity contribution in [2.45, 2.75) is 83.0 Å². The van der Waals surface area contributed by atoms with Gasteiger partial charge in [-0.15, -0.1) is 0 Å². The van der Waals surface area contributed by atoms with E-state index in [0.29, 0.717) is 24.4 Å². The predicted molar refractivity (Wildman–Crippen MR) is 124 cm³/mol. The number of fused-ring (bicyclic) bond motifs is 1. The molecule has 2 aliphatic carbocycles. The quantitative estimate of drug-likeness (QED) is 0.626. The van der Waals surface area contributed by atoms with Gasteiger partial charge in [0.05, 0.1) is 11.5 Å². The highest BCUT2D eigenvalue weighted by atomic mass is 16.5. The number of amides is 3. The maximum absolute atomic E-state index is 12.9. The molecular formula is C26H32N4O4. The summed E-state index contributed by atoms with van der Waals surface area (Å²) in [6.07, 6.45) is 6.95. The van der Waals surface area contributed by atoms with Gasteiger partial charge in [0.1, 0.15) is 17.9 Å². The van der Waals surface area contributed by atoms with E-state index < -0.39 is 11.9 Å². The van der Waals surface area contributed by atoms with Crippen LogP contribution < -0.4 is 15.4 Å². The largest absolute Gasteiger partial charge is 0.489 e. The van der Waals surface area contributed by atoms with Crippen LogP contribution in [0, 0.1) is 22.7 Å². The molecule has 0 spiro atoms. The molecule has 2 N–H and O–H groups in total. The van der Waals surface area contributed by atoms with Crippen molar-refractivity contribution in [1.82, 2.24) is 15.5 Å². The molecule has 1 aromatic carbocycles. The molecule has 8 heteroatoms. The van der Waals surface area contributed by atoms with Crippen LogP contribution in [-0.4, -0.2) is 47.4 Å². The highest BCUT2D eigenvalue weighted by Gasteiger charge is 2.41. The average Bonchev–Trinajstić information content (AvgIpc) is 3.12. The fourth-order valence-electron chi connectivity index (χ4n) is 6.04. The first kappa shape index (κ1) is 22.9. The summed E-state index contributed by atoms with van der Waals surface area (Å²) in [5.74, 6) is 0.449. The summed E-state index contributed by atoms with van der Waals surface area (Å²) >= 11 is 0. The van der Waals surface area contributed by atoms with Crippen LogP contribution in [-0.2, 0) is 16.1 Å². The van der Waals surface area contributed by atoms with Crippen molar-refractivity contribution in [2.75, 3.05) is 6.54 Å². The minimum Gasteiger partial charge on any atom is -0.489 e. The van der Waals surface area contributed by atoms with E-state index in [4.69, 9.17) is 4.74 Å². The van der Waals surface area contributed by atoms with Crippen LogP contribution in [0.2, 0.25) is 0 Å². The molecule has 3 atom stereocenters. The third-order valence-electron chi connectivity index (χ3n) is 7.90. The van der Waals surface area contributed by atoms with E-state index in [1.165, 1.54) is 6.42 Å². The van der Waals surface area contributed by atoms with Crippen LogP contribution in [0.15, 0.2) is 18.2 Å². The first-order chi connectivity index (χ1) is 16.3. The molecule has 2 heterocycles. The van der Waals surface area contributed by atoms with Crippen LogP contribution in [0.25, 0.3) is 0 Å². The number of hydrogen-bond donors (Lipinski definition) is 2. The van der Waals surface area contributed by atoms with Gasteiger partial charge in [-0.3, -0.25) is 19.7 Å². The fraction of sp³-hybridized carbons (Fsp3) is 0.615. The lowest BCUT2D eigenvalue weighted by molar-refractivity contribution is -0.136. The summed E-state index contributed by atoms with van der Waals surface area (Å²) in [5.41, 5.74) is 1.30. The third-order valence-corrected chi connectivity index (χ3v) is 7.90. The first-order valence-corrected chi connectivity index (χ1v) is 12.4. The number of nitrogens with one attached hydrogen (secondary N) is 2. The van der Waals surface area contributed by atoms with Crippen molar-refractivity contribution in [1.29, 1.82) is 5.26 Å². The zero-order valence-electron chi connectivity index (χ0n) is 19.6. The number of nitriles is 1. The number of benzene rings is 1. The number of ether oxygens (including phenoxy) is 1. The smallest absolute Gasteiger partial charge is 0.255 e. The van der Waals surface area contributed by atoms with E-state index in [9.17, 15) is 19.6 Å². The van der Waals surface area contributed by atoms with Gasteiger partial charge in [0.15, 0.2) is 0 Å².